The van der Waals surface area contributed by atoms with Crippen molar-refractivity contribution >= 4 is 28.1 Å². The number of aromatic nitrogens is 1. The van der Waals surface area contributed by atoms with Crippen LogP contribution in [0.15, 0.2) is 24.3 Å². The number of benzene rings is 1. The normalized spacial score (nSPS) is 18.8. The number of aryl methyl sites for hydroxylation is 1. The van der Waals surface area contributed by atoms with E-state index in [4.69, 9.17) is 16.3 Å². The predicted molar refractivity (Wildman–Crippen MR) is 99.4 cm³/mol. The first-order valence-electron chi connectivity index (χ1n) is 8.54. The first-order chi connectivity index (χ1) is 11.7. The third kappa shape index (κ3) is 3.39. The van der Waals surface area contributed by atoms with Crippen molar-refractivity contribution in [3.05, 3.63) is 39.9 Å². The van der Waals surface area contributed by atoms with E-state index in [2.05, 4.69) is 27.8 Å². The summed E-state index contributed by atoms with van der Waals surface area (Å²) in [6.07, 6.45) is 2.79. The Morgan fingerprint density at radius 2 is 2.00 bits per heavy atom. The van der Waals surface area contributed by atoms with E-state index in [9.17, 15) is 0 Å². The summed E-state index contributed by atoms with van der Waals surface area (Å²) in [7, 11) is 0. The van der Waals surface area contributed by atoms with Crippen molar-refractivity contribution in [3.8, 4) is 5.75 Å². The van der Waals surface area contributed by atoms with Crippen LogP contribution in [-0.4, -0.2) is 42.2 Å². The second-order valence-corrected chi connectivity index (χ2v) is 8.02. The van der Waals surface area contributed by atoms with Crippen LogP contribution < -0.4 is 9.64 Å². The molecule has 24 heavy (non-hydrogen) atoms. The van der Waals surface area contributed by atoms with Gasteiger partial charge >= 0.3 is 0 Å². The van der Waals surface area contributed by atoms with Gasteiger partial charge in [0, 0.05) is 32.7 Å². The number of thiazole rings is 1. The Hall–Kier alpha value is -1.30. The monoisotopic (exact) mass is 363 g/mol. The Kier molecular flexibility index (Phi) is 4.66. The SMILES string of the molecule is Cc1ccccc1OC1CN(Cc2sc(N3CCCC3)nc2Cl)C1. The van der Waals surface area contributed by atoms with Gasteiger partial charge in [0.25, 0.3) is 0 Å². The van der Waals surface area contributed by atoms with Crippen LogP contribution in [0.25, 0.3) is 0 Å². The van der Waals surface area contributed by atoms with Gasteiger partial charge < -0.3 is 9.64 Å². The van der Waals surface area contributed by atoms with Crippen molar-refractivity contribution in [1.29, 1.82) is 0 Å². The molecule has 2 saturated heterocycles. The highest BCUT2D eigenvalue weighted by Crippen LogP contribution is 2.33. The van der Waals surface area contributed by atoms with Crippen LogP contribution in [0.4, 0.5) is 5.13 Å². The summed E-state index contributed by atoms with van der Waals surface area (Å²) < 4.78 is 6.07. The van der Waals surface area contributed by atoms with Crippen LogP contribution in [0.3, 0.4) is 0 Å². The number of rotatable bonds is 5. The summed E-state index contributed by atoms with van der Waals surface area (Å²) >= 11 is 8.09. The Morgan fingerprint density at radius 1 is 1.25 bits per heavy atom. The fourth-order valence-corrected chi connectivity index (χ4v) is 4.61. The smallest absolute Gasteiger partial charge is 0.187 e. The average molecular weight is 364 g/mol. The van der Waals surface area contributed by atoms with Gasteiger partial charge in [0.1, 0.15) is 17.0 Å². The predicted octanol–water partition coefficient (Wildman–Crippen LogP) is 3.97. The maximum Gasteiger partial charge on any atom is 0.187 e. The molecule has 2 aliphatic rings. The lowest BCUT2D eigenvalue weighted by Crippen LogP contribution is -2.53. The van der Waals surface area contributed by atoms with Crippen LogP contribution in [0.2, 0.25) is 5.15 Å². The van der Waals surface area contributed by atoms with E-state index in [1.807, 2.05) is 18.2 Å². The van der Waals surface area contributed by atoms with Crippen molar-refractivity contribution in [1.82, 2.24) is 9.88 Å². The van der Waals surface area contributed by atoms with E-state index in [0.717, 1.165) is 43.6 Å². The van der Waals surface area contributed by atoms with E-state index in [1.54, 1.807) is 11.3 Å². The number of hydrogen-bond acceptors (Lipinski definition) is 5. The fraction of sp³-hybridized carbons (Fsp3) is 0.500. The quantitative estimate of drug-likeness (QED) is 0.803. The van der Waals surface area contributed by atoms with Gasteiger partial charge in [0.15, 0.2) is 5.13 Å². The van der Waals surface area contributed by atoms with E-state index >= 15 is 0 Å². The van der Waals surface area contributed by atoms with Crippen LogP contribution in [-0.2, 0) is 6.54 Å². The molecule has 4 nitrogen and oxygen atoms in total. The summed E-state index contributed by atoms with van der Waals surface area (Å²) in [6.45, 7) is 7.07. The number of likely N-dealkylation sites (tertiary alicyclic amines) is 1. The number of hydrogen-bond donors (Lipinski definition) is 0. The molecule has 4 rings (SSSR count). The maximum absolute atomic E-state index is 6.35. The molecule has 0 N–H and O–H groups in total. The lowest BCUT2D eigenvalue weighted by Gasteiger charge is -2.38. The van der Waals surface area contributed by atoms with Crippen LogP contribution in [0.1, 0.15) is 23.3 Å². The molecule has 0 amide bonds. The Bertz CT molecular complexity index is 708. The van der Waals surface area contributed by atoms with Gasteiger partial charge in [-0.3, -0.25) is 4.90 Å². The zero-order valence-electron chi connectivity index (χ0n) is 13.9. The molecule has 1 aromatic carbocycles. The fourth-order valence-electron chi connectivity index (χ4n) is 3.26. The number of halogens is 1. The van der Waals surface area contributed by atoms with Gasteiger partial charge in [0.2, 0.25) is 0 Å². The van der Waals surface area contributed by atoms with Crippen molar-refractivity contribution in [3.63, 3.8) is 0 Å². The molecule has 128 valence electrons. The molecule has 0 aliphatic carbocycles. The minimum absolute atomic E-state index is 0.274. The molecule has 0 spiro atoms. The topological polar surface area (TPSA) is 28.6 Å². The van der Waals surface area contributed by atoms with E-state index in [1.165, 1.54) is 23.3 Å². The zero-order chi connectivity index (χ0) is 16.5. The molecular formula is C18H22ClN3OS. The lowest BCUT2D eigenvalue weighted by atomic mass is 10.1. The second-order valence-electron chi connectivity index (χ2n) is 6.60. The molecule has 0 atom stereocenters. The number of para-hydroxylation sites is 1. The molecule has 6 heteroatoms. The van der Waals surface area contributed by atoms with E-state index in [0.29, 0.717) is 5.15 Å². The summed E-state index contributed by atoms with van der Waals surface area (Å²) in [4.78, 5) is 10.4. The number of nitrogens with zero attached hydrogens (tertiary/aromatic N) is 3. The molecule has 2 fully saturated rings. The summed E-state index contributed by atoms with van der Waals surface area (Å²) in [5.74, 6) is 0.995. The largest absolute Gasteiger partial charge is 0.487 e. The standard InChI is InChI=1S/C18H22ClN3OS/c1-13-6-2-3-7-15(13)23-14-10-21(11-14)12-16-17(19)20-18(24-16)22-8-4-5-9-22/h2-3,6-7,14H,4-5,8-12H2,1H3. The highest BCUT2D eigenvalue weighted by atomic mass is 35.5. The van der Waals surface area contributed by atoms with Gasteiger partial charge in [-0.25, -0.2) is 4.98 Å². The van der Waals surface area contributed by atoms with E-state index < -0.39 is 0 Å². The molecule has 3 heterocycles. The highest BCUT2D eigenvalue weighted by molar-refractivity contribution is 7.16. The number of anilines is 1. The summed E-state index contributed by atoms with van der Waals surface area (Å²) in [6, 6.07) is 8.19. The molecule has 2 aliphatic heterocycles. The Balaban J connectivity index is 1.31. The average Bonchev–Trinajstić information content (AvgIpc) is 3.17. The van der Waals surface area contributed by atoms with Crippen LogP contribution in [0.5, 0.6) is 5.75 Å². The highest BCUT2D eigenvalue weighted by Gasteiger charge is 2.30. The molecular weight excluding hydrogens is 342 g/mol. The molecule has 0 saturated carbocycles. The van der Waals surface area contributed by atoms with Crippen molar-refractivity contribution < 1.29 is 4.74 Å². The summed E-state index contributed by atoms with van der Waals surface area (Å²) in [5.41, 5.74) is 1.19. The number of ether oxygens (including phenoxy) is 1. The lowest BCUT2D eigenvalue weighted by molar-refractivity contribution is 0.0148. The van der Waals surface area contributed by atoms with Gasteiger partial charge in [-0.2, -0.15) is 0 Å². The van der Waals surface area contributed by atoms with Crippen molar-refractivity contribution in [2.75, 3.05) is 31.1 Å². The van der Waals surface area contributed by atoms with Gasteiger partial charge in [-0.05, 0) is 31.4 Å². The van der Waals surface area contributed by atoms with Crippen molar-refractivity contribution in [2.24, 2.45) is 0 Å². The van der Waals surface area contributed by atoms with E-state index in [-0.39, 0.29) is 6.10 Å². The molecule has 0 radical (unpaired) electrons. The summed E-state index contributed by atoms with van der Waals surface area (Å²) in [5, 5.41) is 1.76. The Morgan fingerprint density at radius 3 is 2.75 bits per heavy atom. The third-order valence-corrected chi connectivity index (χ3v) is 6.22. The second kappa shape index (κ2) is 6.90. The van der Waals surface area contributed by atoms with Gasteiger partial charge in [-0.15, -0.1) is 0 Å². The zero-order valence-corrected chi connectivity index (χ0v) is 15.4. The molecule has 2 aromatic rings. The minimum Gasteiger partial charge on any atom is -0.487 e. The first-order valence-corrected chi connectivity index (χ1v) is 9.73. The van der Waals surface area contributed by atoms with Crippen molar-refractivity contribution in [2.45, 2.75) is 32.4 Å². The first kappa shape index (κ1) is 16.2. The van der Waals surface area contributed by atoms with Crippen LogP contribution >= 0.6 is 22.9 Å². The van der Waals surface area contributed by atoms with Crippen LogP contribution in [0, 0.1) is 6.92 Å². The molecule has 1 aromatic heterocycles. The van der Waals surface area contributed by atoms with Gasteiger partial charge in [-0.1, -0.05) is 41.1 Å². The Labute approximate surface area is 152 Å². The maximum atomic E-state index is 6.35. The molecule has 0 unspecified atom stereocenters. The third-order valence-electron chi connectivity index (χ3n) is 4.69. The van der Waals surface area contributed by atoms with Gasteiger partial charge in [0.05, 0.1) is 4.88 Å². The molecule has 0 bridgehead atoms. The minimum atomic E-state index is 0.274.